The molecule has 2 aromatic carbocycles. The number of aromatic nitrogens is 2. The van der Waals surface area contributed by atoms with Crippen LogP contribution in [0.4, 0.5) is 11.8 Å². The summed E-state index contributed by atoms with van der Waals surface area (Å²) in [6.45, 7) is 0. The van der Waals surface area contributed by atoms with E-state index in [9.17, 15) is 5.26 Å². The van der Waals surface area contributed by atoms with Gasteiger partial charge in [-0.25, -0.2) is 4.98 Å². The van der Waals surface area contributed by atoms with E-state index in [1.54, 1.807) is 7.11 Å². The maximum atomic E-state index is 9.40. The first-order valence-corrected chi connectivity index (χ1v) is 6.55. The van der Waals surface area contributed by atoms with E-state index in [-0.39, 0.29) is 17.3 Å². The van der Waals surface area contributed by atoms with Crippen LogP contribution >= 0.6 is 0 Å². The van der Waals surface area contributed by atoms with Gasteiger partial charge in [0.1, 0.15) is 28.9 Å². The number of ether oxygens (including phenoxy) is 1. The van der Waals surface area contributed by atoms with Crippen LogP contribution in [0.15, 0.2) is 36.4 Å². The number of rotatable bonds is 2. The highest BCUT2D eigenvalue weighted by Gasteiger charge is 2.19. The van der Waals surface area contributed by atoms with Gasteiger partial charge >= 0.3 is 0 Å². The normalized spacial score (nSPS) is 10.4. The fraction of sp³-hybridized carbons (Fsp3) is 0.0625. The first-order valence-electron chi connectivity index (χ1n) is 6.55. The van der Waals surface area contributed by atoms with E-state index in [4.69, 9.17) is 16.2 Å². The van der Waals surface area contributed by atoms with Crippen molar-refractivity contribution in [2.45, 2.75) is 0 Å². The zero-order valence-electron chi connectivity index (χ0n) is 11.9. The standard InChI is InChI=1S/C16H13N5O/c1-22-12-7-6-9-4-2-3-5-10(9)13(12)14-11(8-17)15(18)21-16(19)20-14/h2-7H,1H3,(H4,18,19,20,21). The first kappa shape index (κ1) is 13.6. The Bertz CT molecular complexity index is 914. The van der Waals surface area contributed by atoms with E-state index >= 15 is 0 Å². The Morgan fingerprint density at radius 3 is 2.59 bits per heavy atom. The van der Waals surface area contributed by atoms with E-state index in [2.05, 4.69) is 9.97 Å². The molecular formula is C16H13N5O. The molecule has 0 amide bonds. The van der Waals surface area contributed by atoms with Crippen LogP contribution in [0.5, 0.6) is 5.75 Å². The molecule has 0 aliphatic heterocycles. The van der Waals surface area contributed by atoms with Crippen molar-refractivity contribution < 1.29 is 4.74 Å². The van der Waals surface area contributed by atoms with E-state index in [0.717, 1.165) is 10.8 Å². The van der Waals surface area contributed by atoms with Crippen LogP contribution in [0, 0.1) is 11.3 Å². The fourth-order valence-electron chi connectivity index (χ4n) is 2.45. The molecule has 0 unspecified atom stereocenters. The van der Waals surface area contributed by atoms with Gasteiger partial charge in [-0.15, -0.1) is 0 Å². The van der Waals surface area contributed by atoms with E-state index in [1.807, 2.05) is 42.5 Å². The van der Waals surface area contributed by atoms with Gasteiger partial charge in [-0.1, -0.05) is 30.3 Å². The van der Waals surface area contributed by atoms with Crippen LogP contribution in [0.25, 0.3) is 22.0 Å². The molecule has 0 aliphatic rings. The predicted molar refractivity (Wildman–Crippen MR) is 85.1 cm³/mol. The van der Waals surface area contributed by atoms with Gasteiger partial charge in [0.15, 0.2) is 0 Å². The predicted octanol–water partition coefficient (Wildman–Crippen LogP) is 2.34. The molecule has 0 saturated heterocycles. The highest BCUT2D eigenvalue weighted by Crippen LogP contribution is 2.38. The number of nitriles is 1. The second-order valence-electron chi connectivity index (χ2n) is 4.67. The van der Waals surface area contributed by atoms with Gasteiger partial charge in [0, 0.05) is 0 Å². The van der Waals surface area contributed by atoms with Crippen LogP contribution in [-0.2, 0) is 0 Å². The van der Waals surface area contributed by atoms with Crippen LogP contribution in [-0.4, -0.2) is 17.1 Å². The average Bonchev–Trinajstić information content (AvgIpc) is 2.53. The number of fused-ring (bicyclic) bond motifs is 1. The van der Waals surface area contributed by atoms with Crippen LogP contribution in [0.1, 0.15) is 5.56 Å². The zero-order chi connectivity index (χ0) is 15.7. The summed E-state index contributed by atoms with van der Waals surface area (Å²) in [5, 5.41) is 11.3. The lowest BCUT2D eigenvalue weighted by Crippen LogP contribution is -2.05. The third kappa shape index (κ3) is 2.05. The van der Waals surface area contributed by atoms with Crippen molar-refractivity contribution in [2.24, 2.45) is 0 Å². The molecule has 0 saturated carbocycles. The Morgan fingerprint density at radius 1 is 1.09 bits per heavy atom. The molecule has 1 aromatic heterocycles. The minimum absolute atomic E-state index is 0.0153. The molecule has 0 bridgehead atoms. The van der Waals surface area contributed by atoms with Crippen LogP contribution < -0.4 is 16.2 Å². The van der Waals surface area contributed by atoms with E-state index in [1.165, 1.54) is 0 Å². The van der Waals surface area contributed by atoms with Crippen molar-refractivity contribution in [3.8, 4) is 23.1 Å². The molecule has 22 heavy (non-hydrogen) atoms. The highest BCUT2D eigenvalue weighted by atomic mass is 16.5. The minimum Gasteiger partial charge on any atom is -0.496 e. The topological polar surface area (TPSA) is 111 Å². The summed E-state index contributed by atoms with van der Waals surface area (Å²) in [7, 11) is 1.56. The van der Waals surface area contributed by atoms with Gasteiger partial charge in [0.05, 0.1) is 12.7 Å². The molecule has 6 nitrogen and oxygen atoms in total. The van der Waals surface area contributed by atoms with E-state index in [0.29, 0.717) is 17.0 Å². The minimum atomic E-state index is 0.0153. The van der Waals surface area contributed by atoms with Crippen molar-refractivity contribution in [1.29, 1.82) is 5.26 Å². The Kier molecular flexibility index (Phi) is 3.24. The summed E-state index contributed by atoms with van der Waals surface area (Å²) in [5.74, 6) is 0.661. The Balaban J connectivity index is 2.47. The lowest BCUT2D eigenvalue weighted by atomic mass is 9.98. The van der Waals surface area contributed by atoms with Gasteiger partial charge in [-0.05, 0) is 16.8 Å². The maximum Gasteiger partial charge on any atom is 0.222 e. The third-order valence-corrected chi connectivity index (χ3v) is 3.41. The van der Waals surface area contributed by atoms with Crippen molar-refractivity contribution >= 4 is 22.5 Å². The molecule has 0 fully saturated rings. The number of nitrogen functional groups attached to an aromatic ring is 2. The Morgan fingerprint density at radius 2 is 1.86 bits per heavy atom. The molecule has 1 heterocycles. The first-order chi connectivity index (χ1) is 10.7. The number of benzene rings is 2. The molecule has 0 aliphatic carbocycles. The smallest absolute Gasteiger partial charge is 0.222 e. The number of hydrogen-bond donors (Lipinski definition) is 2. The number of hydrogen-bond acceptors (Lipinski definition) is 6. The summed E-state index contributed by atoms with van der Waals surface area (Å²) in [5.41, 5.74) is 12.8. The molecule has 4 N–H and O–H groups in total. The molecule has 3 aromatic rings. The molecular weight excluding hydrogens is 278 g/mol. The maximum absolute atomic E-state index is 9.40. The fourth-order valence-corrected chi connectivity index (χ4v) is 2.45. The van der Waals surface area contributed by atoms with Gasteiger partial charge in [0.2, 0.25) is 5.95 Å². The van der Waals surface area contributed by atoms with Crippen molar-refractivity contribution in [1.82, 2.24) is 9.97 Å². The molecule has 6 heteroatoms. The second-order valence-corrected chi connectivity index (χ2v) is 4.67. The van der Waals surface area contributed by atoms with Crippen molar-refractivity contribution in [2.75, 3.05) is 18.6 Å². The Hall–Kier alpha value is -3.33. The number of methoxy groups -OCH3 is 1. The highest BCUT2D eigenvalue weighted by molar-refractivity contribution is 6.00. The quantitative estimate of drug-likeness (QED) is 0.749. The Labute approximate surface area is 127 Å². The summed E-state index contributed by atoms with van der Waals surface area (Å²) in [6, 6.07) is 13.6. The van der Waals surface area contributed by atoms with Crippen LogP contribution in [0.3, 0.4) is 0 Å². The number of anilines is 2. The average molecular weight is 291 g/mol. The lowest BCUT2D eigenvalue weighted by molar-refractivity contribution is 0.417. The van der Waals surface area contributed by atoms with E-state index < -0.39 is 0 Å². The molecule has 108 valence electrons. The van der Waals surface area contributed by atoms with Gasteiger partial charge in [0.25, 0.3) is 0 Å². The van der Waals surface area contributed by atoms with Gasteiger partial charge < -0.3 is 16.2 Å². The molecule has 0 spiro atoms. The molecule has 0 atom stereocenters. The van der Waals surface area contributed by atoms with Crippen LogP contribution in [0.2, 0.25) is 0 Å². The molecule has 0 radical (unpaired) electrons. The third-order valence-electron chi connectivity index (χ3n) is 3.41. The zero-order valence-corrected chi connectivity index (χ0v) is 11.9. The summed E-state index contributed by atoms with van der Waals surface area (Å²) >= 11 is 0. The second kappa shape index (κ2) is 5.22. The number of nitrogens with two attached hydrogens (primary N) is 2. The summed E-state index contributed by atoms with van der Waals surface area (Å²) < 4.78 is 5.44. The SMILES string of the molecule is COc1ccc2ccccc2c1-c1nc(N)nc(N)c1C#N. The van der Waals surface area contributed by atoms with Gasteiger partial charge in [-0.2, -0.15) is 10.2 Å². The monoisotopic (exact) mass is 291 g/mol. The largest absolute Gasteiger partial charge is 0.496 e. The summed E-state index contributed by atoms with van der Waals surface area (Å²) in [4.78, 5) is 8.07. The number of nitrogens with zero attached hydrogens (tertiary/aromatic N) is 3. The summed E-state index contributed by atoms with van der Waals surface area (Å²) in [6.07, 6.45) is 0. The van der Waals surface area contributed by atoms with Gasteiger partial charge in [-0.3, -0.25) is 0 Å². The molecule has 3 rings (SSSR count). The van der Waals surface area contributed by atoms with Crippen molar-refractivity contribution in [3.05, 3.63) is 42.0 Å². The van der Waals surface area contributed by atoms with Crippen molar-refractivity contribution in [3.63, 3.8) is 0 Å². The lowest BCUT2D eigenvalue weighted by Gasteiger charge is -2.13.